The van der Waals surface area contributed by atoms with Crippen molar-refractivity contribution in [2.45, 2.75) is 31.0 Å². The highest BCUT2D eigenvalue weighted by Gasteiger charge is 2.31. The van der Waals surface area contributed by atoms with Crippen molar-refractivity contribution >= 4 is 10.0 Å². The van der Waals surface area contributed by atoms with Crippen LogP contribution in [0.1, 0.15) is 25.6 Å². The van der Waals surface area contributed by atoms with Gasteiger partial charge in [0.1, 0.15) is 12.4 Å². The molecular formula is C9H14F3N3O2S. The standard InChI is InChI=1S/C9H14F3N3O2S/c1-6(2)8-14-7(4-15(8)3)18(16,17)13-5-9(10,11)12/h4,6,13H,5H2,1-3H3. The number of halogens is 3. The van der Waals surface area contributed by atoms with Crippen LogP contribution in [-0.4, -0.2) is 30.7 Å². The van der Waals surface area contributed by atoms with E-state index in [0.717, 1.165) is 0 Å². The molecule has 1 N–H and O–H groups in total. The number of hydrogen-bond donors (Lipinski definition) is 1. The second kappa shape index (κ2) is 4.88. The highest BCUT2D eigenvalue weighted by molar-refractivity contribution is 7.89. The van der Waals surface area contributed by atoms with Gasteiger partial charge in [-0.25, -0.2) is 18.1 Å². The van der Waals surface area contributed by atoms with E-state index in [1.807, 2.05) is 13.8 Å². The Kier molecular flexibility index (Phi) is 4.06. The molecule has 0 aliphatic carbocycles. The van der Waals surface area contributed by atoms with Crippen molar-refractivity contribution in [3.63, 3.8) is 0 Å². The van der Waals surface area contributed by atoms with Gasteiger partial charge in [0.25, 0.3) is 10.0 Å². The van der Waals surface area contributed by atoms with Crippen molar-refractivity contribution in [1.82, 2.24) is 14.3 Å². The van der Waals surface area contributed by atoms with Crippen LogP contribution in [0, 0.1) is 0 Å². The Morgan fingerprint density at radius 1 is 1.44 bits per heavy atom. The molecule has 0 saturated heterocycles. The molecule has 0 saturated carbocycles. The lowest BCUT2D eigenvalue weighted by molar-refractivity contribution is -0.121. The van der Waals surface area contributed by atoms with Crippen molar-refractivity contribution in [2.24, 2.45) is 7.05 Å². The van der Waals surface area contributed by atoms with Crippen LogP contribution in [0.5, 0.6) is 0 Å². The molecule has 9 heteroatoms. The summed E-state index contributed by atoms with van der Waals surface area (Å²) in [6, 6.07) is 0. The molecule has 0 bridgehead atoms. The summed E-state index contributed by atoms with van der Waals surface area (Å²) in [6.07, 6.45) is -3.41. The molecule has 0 aliphatic heterocycles. The second-order valence-corrected chi connectivity index (χ2v) is 5.86. The fourth-order valence-corrected chi connectivity index (χ4v) is 2.38. The first-order valence-electron chi connectivity index (χ1n) is 5.12. The Labute approximate surface area is 103 Å². The third-order valence-electron chi connectivity index (χ3n) is 2.14. The Bertz CT molecular complexity index is 520. The summed E-state index contributed by atoms with van der Waals surface area (Å²) < 4.78 is 62.0. The third-order valence-corrected chi connectivity index (χ3v) is 3.42. The largest absolute Gasteiger partial charge is 0.402 e. The summed E-state index contributed by atoms with van der Waals surface area (Å²) in [4.78, 5) is 3.83. The highest BCUT2D eigenvalue weighted by atomic mass is 32.2. The number of aryl methyl sites for hydroxylation is 1. The van der Waals surface area contributed by atoms with Crippen LogP contribution in [0.3, 0.4) is 0 Å². The van der Waals surface area contributed by atoms with Gasteiger partial charge in [-0.2, -0.15) is 13.2 Å². The molecule has 1 rings (SSSR count). The van der Waals surface area contributed by atoms with E-state index >= 15 is 0 Å². The second-order valence-electron chi connectivity index (χ2n) is 4.14. The van der Waals surface area contributed by atoms with Gasteiger partial charge in [-0.1, -0.05) is 13.8 Å². The quantitative estimate of drug-likeness (QED) is 0.909. The number of aromatic nitrogens is 2. The van der Waals surface area contributed by atoms with Gasteiger partial charge in [0.15, 0.2) is 5.03 Å². The number of rotatable bonds is 4. The molecule has 1 heterocycles. The van der Waals surface area contributed by atoms with E-state index in [1.165, 1.54) is 15.5 Å². The van der Waals surface area contributed by atoms with Crippen LogP contribution < -0.4 is 4.72 Å². The normalized spacial score (nSPS) is 13.3. The molecule has 0 radical (unpaired) electrons. The maximum atomic E-state index is 12.0. The van der Waals surface area contributed by atoms with Crippen molar-refractivity contribution in [2.75, 3.05) is 6.54 Å². The fourth-order valence-electron chi connectivity index (χ4n) is 1.37. The van der Waals surface area contributed by atoms with Gasteiger partial charge in [-0.05, 0) is 0 Å². The van der Waals surface area contributed by atoms with Gasteiger partial charge >= 0.3 is 6.18 Å². The Morgan fingerprint density at radius 3 is 2.39 bits per heavy atom. The molecule has 104 valence electrons. The first-order valence-corrected chi connectivity index (χ1v) is 6.61. The number of hydrogen-bond acceptors (Lipinski definition) is 3. The monoisotopic (exact) mass is 285 g/mol. The average molecular weight is 285 g/mol. The van der Waals surface area contributed by atoms with Crippen molar-refractivity contribution in [3.05, 3.63) is 12.0 Å². The van der Waals surface area contributed by atoms with E-state index in [0.29, 0.717) is 5.82 Å². The smallest absolute Gasteiger partial charge is 0.336 e. The zero-order valence-electron chi connectivity index (χ0n) is 10.1. The number of imidazole rings is 1. The summed E-state index contributed by atoms with van der Waals surface area (Å²) in [6.45, 7) is 2.01. The summed E-state index contributed by atoms with van der Waals surface area (Å²) in [5.74, 6) is 0.462. The lowest BCUT2D eigenvalue weighted by Crippen LogP contribution is -2.33. The van der Waals surface area contributed by atoms with E-state index in [4.69, 9.17) is 0 Å². The third kappa shape index (κ3) is 3.70. The molecule has 0 aromatic carbocycles. The van der Waals surface area contributed by atoms with Gasteiger partial charge in [0, 0.05) is 19.2 Å². The fraction of sp³-hybridized carbons (Fsp3) is 0.667. The summed E-state index contributed by atoms with van der Waals surface area (Å²) in [7, 11) is -2.64. The van der Waals surface area contributed by atoms with Crippen molar-refractivity contribution in [3.8, 4) is 0 Å². The van der Waals surface area contributed by atoms with Crippen molar-refractivity contribution in [1.29, 1.82) is 0 Å². The highest BCUT2D eigenvalue weighted by Crippen LogP contribution is 2.17. The lowest BCUT2D eigenvalue weighted by atomic mass is 10.2. The summed E-state index contributed by atoms with van der Waals surface area (Å²) in [5.41, 5.74) is 0. The van der Waals surface area contributed by atoms with E-state index in [2.05, 4.69) is 4.98 Å². The average Bonchev–Trinajstić information content (AvgIpc) is 2.57. The first kappa shape index (κ1) is 15.0. The Hall–Kier alpha value is -1.09. The van der Waals surface area contributed by atoms with Gasteiger partial charge in [0.2, 0.25) is 0 Å². The molecule has 0 spiro atoms. The van der Waals surface area contributed by atoms with Crippen LogP contribution in [0.25, 0.3) is 0 Å². The summed E-state index contributed by atoms with van der Waals surface area (Å²) in [5, 5.41) is -0.405. The van der Waals surface area contributed by atoms with Gasteiger partial charge in [0.05, 0.1) is 0 Å². The van der Waals surface area contributed by atoms with E-state index in [9.17, 15) is 21.6 Å². The molecule has 0 amide bonds. The SMILES string of the molecule is CC(C)c1nc(S(=O)(=O)NCC(F)(F)F)cn1C. The van der Waals surface area contributed by atoms with Crippen molar-refractivity contribution < 1.29 is 21.6 Å². The van der Waals surface area contributed by atoms with Crippen LogP contribution >= 0.6 is 0 Å². The summed E-state index contributed by atoms with van der Waals surface area (Å²) >= 11 is 0. The number of nitrogens with one attached hydrogen (secondary N) is 1. The van der Waals surface area contributed by atoms with Crippen LogP contribution in [0.15, 0.2) is 11.2 Å². The maximum absolute atomic E-state index is 12.0. The molecule has 0 aliphatic rings. The van der Waals surface area contributed by atoms with Gasteiger partial charge in [-0.15, -0.1) is 0 Å². The minimum atomic E-state index is -4.59. The predicted molar refractivity (Wildman–Crippen MR) is 58.5 cm³/mol. The lowest BCUT2D eigenvalue weighted by Gasteiger charge is -2.07. The molecule has 0 fully saturated rings. The van der Waals surface area contributed by atoms with Crippen LogP contribution in [0.4, 0.5) is 13.2 Å². The topological polar surface area (TPSA) is 64.0 Å². The number of alkyl halides is 3. The van der Waals surface area contributed by atoms with Crippen LogP contribution in [-0.2, 0) is 17.1 Å². The zero-order valence-corrected chi connectivity index (χ0v) is 10.9. The molecular weight excluding hydrogens is 271 g/mol. The molecule has 0 unspecified atom stereocenters. The first-order chi connectivity index (χ1) is 8.03. The zero-order chi connectivity index (χ0) is 14.1. The minimum Gasteiger partial charge on any atom is -0.336 e. The molecule has 1 aromatic heterocycles. The predicted octanol–water partition coefficient (Wildman–Crippen LogP) is 1.38. The Morgan fingerprint density at radius 2 is 2.00 bits per heavy atom. The minimum absolute atomic E-state index is 0.0263. The number of nitrogens with zero attached hydrogens (tertiary/aromatic N) is 2. The molecule has 5 nitrogen and oxygen atoms in total. The Balaban J connectivity index is 2.96. The van der Waals surface area contributed by atoms with E-state index < -0.39 is 27.8 Å². The van der Waals surface area contributed by atoms with Crippen LogP contribution in [0.2, 0.25) is 0 Å². The van der Waals surface area contributed by atoms with Gasteiger partial charge in [-0.3, -0.25) is 0 Å². The molecule has 18 heavy (non-hydrogen) atoms. The molecule has 1 aromatic rings. The number of sulfonamides is 1. The van der Waals surface area contributed by atoms with E-state index in [-0.39, 0.29) is 5.92 Å². The van der Waals surface area contributed by atoms with E-state index in [1.54, 1.807) is 7.05 Å². The van der Waals surface area contributed by atoms with Gasteiger partial charge < -0.3 is 4.57 Å². The maximum Gasteiger partial charge on any atom is 0.402 e. The molecule has 0 atom stereocenters.